The van der Waals surface area contributed by atoms with Gasteiger partial charge in [0, 0.05) is 5.69 Å². The van der Waals surface area contributed by atoms with Gasteiger partial charge in [0.05, 0.1) is 12.8 Å². The molecule has 0 aliphatic carbocycles. The Morgan fingerprint density at radius 1 is 1.26 bits per heavy atom. The van der Waals surface area contributed by atoms with Gasteiger partial charge in [-0.3, -0.25) is 0 Å². The van der Waals surface area contributed by atoms with Crippen molar-refractivity contribution in [3.05, 3.63) is 54.5 Å². The molecule has 2 rings (SSSR count). The SMILES string of the molecule is CC(O)(CNC(=O)Nc1ccccc1)c1ccco1. The van der Waals surface area contributed by atoms with Gasteiger partial charge in [-0.1, -0.05) is 18.2 Å². The van der Waals surface area contributed by atoms with Gasteiger partial charge in [-0.15, -0.1) is 0 Å². The van der Waals surface area contributed by atoms with Gasteiger partial charge < -0.3 is 20.2 Å². The van der Waals surface area contributed by atoms with Gasteiger partial charge in [0.15, 0.2) is 0 Å². The summed E-state index contributed by atoms with van der Waals surface area (Å²) >= 11 is 0. The fourth-order valence-corrected chi connectivity index (χ4v) is 1.62. The standard InChI is InChI=1S/C14H16N2O3/c1-14(18,12-8-5-9-19-12)10-15-13(17)16-11-6-3-2-4-7-11/h2-9,18H,10H2,1H3,(H2,15,16,17). The van der Waals surface area contributed by atoms with E-state index in [1.807, 2.05) is 18.2 Å². The molecule has 0 aliphatic rings. The number of hydrogen-bond acceptors (Lipinski definition) is 3. The number of anilines is 1. The zero-order chi connectivity index (χ0) is 13.7. The van der Waals surface area contributed by atoms with E-state index in [1.54, 1.807) is 31.2 Å². The number of nitrogens with one attached hydrogen (secondary N) is 2. The van der Waals surface area contributed by atoms with E-state index < -0.39 is 5.60 Å². The molecule has 0 saturated heterocycles. The number of carbonyl (C=O) groups is 1. The van der Waals surface area contributed by atoms with Crippen LogP contribution in [0.1, 0.15) is 12.7 Å². The van der Waals surface area contributed by atoms with Crippen LogP contribution in [0.15, 0.2) is 53.1 Å². The number of benzene rings is 1. The molecule has 5 nitrogen and oxygen atoms in total. The Labute approximate surface area is 111 Å². The van der Waals surface area contributed by atoms with Crippen LogP contribution in [0.25, 0.3) is 0 Å². The van der Waals surface area contributed by atoms with Crippen LogP contribution in [0, 0.1) is 0 Å². The number of para-hydroxylation sites is 1. The van der Waals surface area contributed by atoms with Gasteiger partial charge >= 0.3 is 6.03 Å². The van der Waals surface area contributed by atoms with E-state index in [0.717, 1.165) is 0 Å². The van der Waals surface area contributed by atoms with Crippen molar-refractivity contribution in [1.29, 1.82) is 0 Å². The summed E-state index contributed by atoms with van der Waals surface area (Å²) in [5, 5.41) is 15.4. The molecule has 1 aromatic heterocycles. The summed E-state index contributed by atoms with van der Waals surface area (Å²) in [4.78, 5) is 11.7. The average molecular weight is 260 g/mol. The Morgan fingerprint density at radius 3 is 2.63 bits per heavy atom. The molecule has 0 fully saturated rings. The van der Waals surface area contributed by atoms with Crippen LogP contribution >= 0.6 is 0 Å². The van der Waals surface area contributed by atoms with Crippen LogP contribution in [-0.4, -0.2) is 17.7 Å². The fraction of sp³-hybridized carbons (Fsp3) is 0.214. The summed E-state index contributed by atoms with van der Waals surface area (Å²) in [7, 11) is 0. The maximum Gasteiger partial charge on any atom is 0.319 e. The highest BCUT2D eigenvalue weighted by Crippen LogP contribution is 2.19. The van der Waals surface area contributed by atoms with E-state index in [-0.39, 0.29) is 12.6 Å². The smallest absolute Gasteiger partial charge is 0.319 e. The lowest BCUT2D eigenvalue weighted by atomic mass is 10.0. The van der Waals surface area contributed by atoms with Crippen LogP contribution in [0.4, 0.5) is 10.5 Å². The number of carbonyl (C=O) groups excluding carboxylic acids is 1. The molecule has 3 N–H and O–H groups in total. The quantitative estimate of drug-likeness (QED) is 0.789. The van der Waals surface area contributed by atoms with Gasteiger partial charge in [-0.25, -0.2) is 4.79 Å². The molecule has 2 aromatic rings. The Hall–Kier alpha value is -2.27. The number of aliphatic hydroxyl groups is 1. The van der Waals surface area contributed by atoms with Gasteiger partial charge in [-0.2, -0.15) is 0 Å². The second-order valence-electron chi connectivity index (χ2n) is 4.42. The lowest BCUT2D eigenvalue weighted by molar-refractivity contribution is 0.0372. The van der Waals surface area contributed by atoms with E-state index >= 15 is 0 Å². The van der Waals surface area contributed by atoms with Gasteiger partial charge in [-0.05, 0) is 31.2 Å². The number of furan rings is 1. The lowest BCUT2D eigenvalue weighted by Crippen LogP contribution is -2.40. The minimum absolute atomic E-state index is 0.0547. The van der Waals surface area contributed by atoms with Gasteiger partial charge in [0.2, 0.25) is 0 Å². The maximum atomic E-state index is 11.7. The van der Waals surface area contributed by atoms with E-state index in [4.69, 9.17) is 4.42 Å². The number of amides is 2. The second kappa shape index (κ2) is 5.58. The first-order chi connectivity index (χ1) is 9.08. The number of urea groups is 1. The van der Waals surface area contributed by atoms with Crippen molar-refractivity contribution in [2.75, 3.05) is 11.9 Å². The van der Waals surface area contributed by atoms with Crippen molar-refractivity contribution in [3.63, 3.8) is 0 Å². The summed E-state index contributed by atoms with van der Waals surface area (Å²) in [5.41, 5.74) is -0.546. The Bertz CT molecular complexity index is 521. The second-order valence-corrected chi connectivity index (χ2v) is 4.42. The lowest BCUT2D eigenvalue weighted by Gasteiger charge is -2.21. The van der Waals surface area contributed by atoms with Crippen LogP contribution in [0.5, 0.6) is 0 Å². The van der Waals surface area contributed by atoms with Crippen molar-refractivity contribution < 1.29 is 14.3 Å². The molecule has 1 unspecified atom stereocenters. The molecule has 0 spiro atoms. The molecule has 1 aromatic carbocycles. The van der Waals surface area contributed by atoms with E-state index in [1.165, 1.54) is 6.26 Å². The highest BCUT2D eigenvalue weighted by Gasteiger charge is 2.26. The largest absolute Gasteiger partial charge is 0.466 e. The molecule has 0 radical (unpaired) electrons. The Morgan fingerprint density at radius 2 is 2.00 bits per heavy atom. The van der Waals surface area contributed by atoms with Crippen molar-refractivity contribution >= 4 is 11.7 Å². The van der Waals surface area contributed by atoms with E-state index in [9.17, 15) is 9.90 Å². The van der Waals surface area contributed by atoms with Crippen LogP contribution in [-0.2, 0) is 5.60 Å². The van der Waals surface area contributed by atoms with Gasteiger partial charge in [0.25, 0.3) is 0 Å². The molecule has 1 atom stereocenters. The normalized spacial score (nSPS) is 13.6. The predicted molar refractivity (Wildman–Crippen MR) is 71.7 cm³/mol. The van der Waals surface area contributed by atoms with Crippen LogP contribution in [0.2, 0.25) is 0 Å². The summed E-state index contributed by atoms with van der Waals surface area (Å²) < 4.78 is 5.13. The minimum Gasteiger partial charge on any atom is -0.466 e. The van der Waals surface area contributed by atoms with Crippen molar-refractivity contribution in [1.82, 2.24) is 5.32 Å². The molecule has 2 amide bonds. The average Bonchev–Trinajstić information content (AvgIpc) is 2.92. The maximum absolute atomic E-state index is 11.7. The zero-order valence-electron chi connectivity index (χ0n) is 10.6. The highest BCUT2D eigenvalue weighted by molar-refractivity contribution is 5.89. The molecule has 19 heavy (non-hydrogen) atoms. The monoisotopic (exact) mass is 260 g/mol. The third-order valence-electron chi connectivity index (χ3n) is 2.68. The topological polar surface area (TPSA) is 74.5 Å². The molecule has 100 valence electrons. The molecule has 0 bridgehead atoms. The zero-order valence-corrected chi connectivity index (χ0v) is 10.6. The first-order valence-corrected chi connectivity index (χ1v) is 5.94. The molecular formula is C14H16N2O3. The third kappa shape index (κ3) is 3.59. The van der Waals surface area contributed by atoms with Crippen LogP contribution < -0.4 is 10.6 Å². The van der Waals surface area contributed by atoms with E-state index in [2.05, 4.69) is 10.6 Å². The van der Waals surface area contributed by atoms with Crippen molar-refractivity contribution in [2.24, 2.45) is 0 Å². The number of hydrogen-bond donors (Lipinski definition) is 3. The van der Waals surface area contributed by atoms with Gasteiger partial charge in [0.1, 0.15) is 11.4 Å². The Balaban J connectivity index is 1.87. The highest BCUT2D eigenvalue weighted by atomic mass is 16.4. The van der Waals surface area contributed by atoms with Crippen molar-refractivity contribution in [2.45, 2.75) is 12.5 Å². The molecule has 0 saturated carbocycles. The number of rotatable bonds is 4. The first-order valence-electron chi connectivity index (χ1n) is 5.94. The summed E-state index contributed by atoms with van der Waals surface area (Å²) in [6.45, 7) is 1.63. The van der Waals surface area contributed by atoms with Crippen molar-refractivity contribution in [3.8, 4) is 0 Å². The Kier molecular flexibility index (Phi) is 3.87. The van der Waals surface area contributed by atoms with Crippen LogP contribution in [0.3, 0.4) is 0 Å². The predicted octanol–water partition coefficient (Wildman–Crippen LogP) is 2.31. The van der Waals surface area contributed by atoms with E-state index in [0.29, 0.717) is 11.4 Å². The third-order valence-corrected chi connectivity index (χ3v) is 2.68. The summed E-state index contributed by atoms with van der Waals surface area (Å²) in [5.74, 6) is 0.410. The summed E-state index contributed by atoms with van der Waals surface area (Å²) in [6.07, 6.45) is 1.48. The molecular weight excluding hydrogens is 244 g/mol. The molecule has 1 heterocycles. The fourth-order valence-electron chi connectivity index (χ4n) is 1.62. The first kappa shape index (κ1) is 13.2. The molecule has 0 aliphatic heterocycles. The molecule has 5 heteroatoms. The minimum atomic E-state index is -1.24. The summed E-state index contributed by atoms with van der Waals surface area (Å²) in [6, 6.07) is 12.1.